The number of hydrogen-bond donors (Lipinski definition) is 2. The van der Waals surface area contributed by atoms with Crippen molar-refractivity contribution in [2.75, 3.05) is 38.2 Å². The van der Waals surface area contributed by atoms with Crippen molar-refractivity contribution in [3.05, 3.63) is 29.5 Å². The molecule has 0 aromatic carbocycles. The van der Waals surface area contributed by atoms with Crippen LogP contribution in [0.3, 0.4) is 0 Å². The van der Waals surface area contributed by atoms with Crippen LogP contribution in [0.15, 0.2) is 12.5 Å². The normalized spacial score (nSPS) is 17.9. The molecule has 0 amide bonds. The molecular weight excluding hydrogens is 332 g/mol. The minimum absolute atomic E-state index is 0.564. The molecule has 0 atom stereocenters. The van der Waals surface area contributed by atoms with E-state index in [-0.39, 0.29) is 0 Å². The smallest absolute Gasteiger partial charge is 0.237 e. The van der Waals surface area contributed by atoms with E-state index in [1.807, 2.05) is 10.8 Å². The summed E-state index contributed by atoms with van der Waals surface area (Å²) in [5, 5.41) is 3.54. The summed E-state index contributed by atoms with van der Waals surface area (Å²) in [6.07, 6.45) is 7.45. The van der Waals surface area contributed by atoms with Crippen LogP contribution in [0.1, 0.15) is 29.8 Å². The molecule has 2 aromatic heterocycles. The van der Waals surface area contributed by atoms with E-state index in [9.17, 15) is 0 Å². The molecule has 0 bridgehead atoms. The predicted octanol–water partition coefficient (Wildman–Crippen LogP) is 1.07. The van der Waals surface area contributed by atoms with Gasteiger partial charge in [0.2, 0.25) is 5.95 Å². The van der Waals surface area contributed by atoms with E-state index in [0.717, 1.165) is 68.2 Å². The van der Waals surface area contributed by atoms with E-state index in [4.69, 9.17) is 25.2 Å². The molecule has 1 saturated heterocycles. The lowest BCUT2D eigenvalue weighted by atomic mass is 10.0. The number of hydrogen-bond acceptors (Lipinski definition) is 7. The Bertz CT molecular complexity index is 741. The highest BCUT2D eigenvalue weighted by Crippen LogP contribution is 2.25. The zero-order valence-electron chi connectivity index (χ0n) is 15.0. The summed E-state index contributed by atoms with van der Waals surface area (Å²) in [5.74, 6) is 2.15. The van der Waals surface area contributed by atoms with Crippen LogP contribution in [-0.2, 0) is 28.9 Å². The third-order valence-corrected chi connectivity index (χ3v) is 4.98. The van der Waals surface area contributed by atoms with Gasteiger partial charge in [-0.05, 0) is 25.3 Å². The molecule has 1 fully saturated rings. The van der Waals surface area contributed by atoms with E-state index in [2.05, 4.69) is 10.3 Å². The number of nitrogens with zero attached hydrogens (tertiary/aromatic N) is 4. The lowest BCUT2D eigenvalue weighted by Gasteiger charge is -2.24. The molecule has 2 aromatic rings. The number of nitrogens with one attached hydrogen (secondary N) is 1. The monoisotopic (exact) mass is 358 g/mol. The number of fused-ring (bicyclic) bond motifs is 1. The Kier molecular flexibility index (Phi) is 5.42. The van der Waals surface area contributed by atoms with Crippen molar-refractivity contribution in [2.45, 2.75) is 32.3 Å². The molecule has 0 saturated carbocycles. The molecule has 8 nitrogen and oxygen atoms in total. The molecule has 140 valence electrons. The third-order valence-electron chi connectivity index (χ3n) is 4.98. The minimum Gasteiger partial charge on any atom is -0.381 e. The first kappa shape index (κ1) is 17.4. The number of anilines is 1. The second-order valence-corrected chi connectivity index (χ2v) is 6.85. The van der Waals surface area contributed by atoms with E-state index >= 15 is 0 Å². The van der Waals surface area contributed by atoms with Gasteiger partial charge in [-0.1, -0.05) is 0 Å². The minimum atomic E-state index is 0.564. The summed E-state index contributed by atoms with van der Waals surface area (Å²) < 4.78 is 13.0. The first-order valence-electron chi connectivity index (χ1n) is 9.36. The van der Waals surface area contributed by atoms with Gasteiger partial charge in [0, 0.05) is 44.4 Å². The highest BCUT2D eigenvalue weighted by atomic mass is 16.5. The molecule has 0 spiro atoms. The van der Waals surface area contributed by atoms with Crippen molar-refractivity contribution in [2.24, 2.45) is 11.7 Å². The fraction of sp³-hybridized carbons (Fsp3) is 0.611. The second kappa shape index (κ2) is 8.11. The Labute approximate surface area is 153 Å². The van der Waals surface area contributed by atoms with Gasteiger partial charge in [0.05, 0.1) is 24.6 Å². The first-order chi connectivity index (χ1) is 12.8. The maximum absolute atomic E-state index is 5.64. The molecule has 8 heteroatoms. The highest BCUT2D eigenvalue weighted by Gasteiger charge is 2.21. The van der Waals surface area contributed by atoms with Crippen LogP contribution in [0.25, 0.3) is 5.95 Å². The summed E-state index contributed by atoms with van der Waals surface area (Å²) in [4.78, 5) is 13.9. The van der Waals surface area contributed by atoms with Gasteiger partial charge in [-0.3, -0.25) is 4.57 Å². The summed E-state index contributed by atoms with van der Waals surface area (Å²) in [7, 11) is 0. The van der Waals surface area contributed by atoms with Crippen molar-refractivity contribution in [3.8, 4) is 5.95 Å². The van der Waals surface area contributed by atoms with Crippen LogP contribution in [0.4, 0.5) is 5.82 Å². The van der Waals surface area contributed by atoms with Gasteiger partial charge in [-0.2, -0.15) is 4.98 Å². The molecule has 2 aliphatic heterocycles. The third kappa shape index (κ3) is 3.87. The zero-order valence-corrected chi connectivity index (χ0v) is 15.0. The van der Waals surface area contributed by atoms with Gasteiger partial charge < -0.3 is 20.5 Å². The molecular formula is C18H26N6O2. The molecule has 0 radical (unpaired) electrons. The van der Waals surface area contributed by atoms with Crippen molar-refractivity contribution >= 4 is 5.82 Å². The van der Waals surface area contributed by atoms with Crippen LogP contribution in [0.5, 0.6) is 0 Å². The number of rotatable bonds is 6. The summed E-state index contributed by atoms with van der Waals surface area (Å²) >= 11 is 0. The van der Waals surface area contributed by atoms with Crippen LogP contribution in [-0.4, -0.2) is 52.4 Å². The summed E-state index contributed by atoms with van der Waals surface area (Å²) in [5.41, 5.74) is 8.71. The number of imidazole rings is 1. The van der Waals surface area contributed by atoms with Gasteiger partial charge in [0.1, 0.15) is 12.1 Å². The van der Waals surface area contributed by atoms with E-state index in [1.165, 1.54) is 0 Å². The van der Waals surface area contributed by atoms with Gasteiger partial charge in [0.15, 0.2) is 0 Å². The summed E-state index contributed by atoms with van der Waals surface area (Å²) in [6, 6.07) is 0. The maximum Gasteiger partial charge on any atom is 0.237 e. The lowest BCUT2D eigenvalue weighted by molar-refractivity contribution is 0.0698. The number of ether oxygens (including phenoxy) is 2. The average molecular weight is 358 g/mol. The summed E-state index contributed by atoms with van der Waals surface area (Å²) in [6.45, 7) is 4.44. The molecule has 26 heavy (non-hydrogen) atoms. The van der Waals surface area contributed by atoms with E-state index in [0.29, 0.717) is 31.6 Å². The maximum atomic E-state index is 5.64. The topological polar surface area (TPSA) is 100 Å². The number of nitrogens with two attached hydrogens (primary N) is 1. The van der Waals surface area contributed by atoms with Gasteiger partial charge in [-0.15, -0.1) is 0 Å². The molecule has 4 heterocycles. The van der Waals surface area contributed by atoms with Crippen LogP contribution >= 0.6 is 0 Å². The van der Waals surface area contributed by atoms with Crippen molar-refractivity contribution < 1.29 is 9.47 Å². The Morgan fingerprint density at radius 1 is 1.19 bits per heavy atom. The van der Waals surface area contributed by atoms with Crippen LogP contribution in [0, 0.1) is 5.92 Å². The largest absolute Gasteiger partial charge is 0.381 e. The predicted molar refractivity (Wildman–Crippen MR) is 97.3 cm³/mol. The molecule has 4 rings (SSSR count). The SMILES string of the molecule is NCCc1cn(-c2nc3c(c(NCC4CCOCC4)n2)COCC3)cn1. The van der Waals surface area contributed by atoms with E-state index in [1.54, 1.807) is 6.33 Å². The quantitative estimate of drug-likeness (QED) is 0.797. The van der Waals surface area contributed by atoms with Gasteiger partial charge >= 0.3 is 0 Å². The molecule has 3 N–H and O–H groups in total. The van der Waals surface area contributed by atoms with Gasteiger partial charge in [0.25, 0.3) is 0 Å². The van der Waals surface area contributed by atoms with Crippen molar-refractivity contribution in [1.29, 1.82) is 0 Å². The fourth-order valence-electron chi connectivity index (χ4n) is 3.42. The van der Waals surface area contributed by atoms with Crippen LogP contribution < -0.4 is 11.1 Å². The Hall–Kier alpha value is -2.03. The van der Waals surface area contributed by atoms with E-state index < -0.39 is 0 Å². The second-order valence-electron chi connectivity index (χ2n) is 6.85. The highest BCUT2D eigenvalue weighted by molar-refractivity contribution is 5.49. The average Bonchev–Trinajstić information content (AvgIpc) is 3.16. The molecule has 0 aliphatic carbocycles. The van der Waals surface area contributed by atoms with Crippen LogP contribution in [0.2, 0.25) is 0 Å². The fourth-order valence-corrected chi connectivity index (χ4v) is 3.42. The molecule has 2 aliphatic rings. The van der Waals surface area contributed by atoms with Crippen molar-refractivity contribution in [3.63, 3.8) is 0 Å². The zero-order chi connectivity index (χ0) is 17.8. The first-order valence-corrected chi connectivity index (χ1v) is 9.36. The van der Waals surface area contributed by atoms with Crippen molar-refractivity contribution in [1.82, 2.24) is 19.5 Å². The Balaban J connectivity index is 1.58. The molecule has 0 unspecified atom stereocenters. The Morgan fingerprint density at radius 2 is 2.08 bits per heavy atom. The van der Waals surface area contributed by atoms with Gasteiger partial charge in [-0.25, -0.2) is 9.97 Å². The lowest BCUT2D eigenvalue weighted by Crippen LogP contribution is -2.25. The Morgan fingerprint density at radius 3 is 2.92 bits per heavy atom. The number of aromatic nitrogens is 4. The standard InChI is InChI=1S/C18H26N6O2/c19-5-1-14-10-24(12-21-14)18-22-16-4-8-26-11-15(16)17(23-18)20-9-13-2-6-25-7-3-13/h10,12-13H,1-9,11,19H2,(H,20,22,23).